The number of hydrogen-bond donors (Lipinski definition) is 1. The summed E-state index contributed by atoms with van der Waals surface area (Å²) in [5, 5.41) is 3.80. The summed E-state index contributed by atoms with van der Waals surface area (Å²) in [7, 11) is 3.18. The molecule has 0 fully saturated rings. The summed E-state index contributed by atoms with van der Waals surface area (Å²) in [6.45, 7) is 0.359. The van der Waals surface area contributed by atoms with Crippen molar-refractivity contribution in [3.63, 3.8) is 0 Å². The third-order valence-corrected chi connectivity index (χ3v) is 4.82. The van der Waals surface area contributed by atoms with Crippen molar-refractivity contribution in [2.45, 2.75) is 6.54 Å². The van der Waals surface area contributed by atoms with Crippen molar-refractivity contribution in [3.8, 4) is 22.8 Å². The van der Waals surface area contributed by atoms with Crippen LogP contribution in [0.2, 0.25) is 0 Å². The number of benzene rings is 2. The number of pyridine rings is 2. The molecule has 6 heteroatoms. The number of rotatable bonds is 6. The molecular formula is C24H21N3O3. The molecule has 4 aromatic rings. The van der Waals surface area contributed by atoms with Gasteiger partial charge >= 0.3 is 0 Å². The van der Waals surface area contributed by atoms with Gasteiger partial charge in [-0.05, 0) is 42.0 Å². The van der Waals surface area contributed by atoms with Gasteiger partial charge in [0.2, 0.25) is 0 Å². The van der Waals surface area contributed by atoms with Crippen LogP contribution in [0, 0.1) is 0 Å². The zero-order valence-corrected chi connectivity index (χ0v) is 16.8. The van der Waals surface area contributed by atoms with Crippen LogP contribution in [0.1, 0.15) is 15.9 Å². The minimum atomic E-state index is -0.173. The molecule has 0 bridgehead atoms. The second-order valence-corrected chi connectivity index (χ2v) is 6.69. The maximum Gasteiger partial charge on any atom is 0.252 e. The van der Waals surface area contributed by atoms with Gasteiger partial charge < -0.3 is 14.8 Å². The van der Waals surface area contributed by atoms with Crippen LogP contribution in [0.5, 0.6) is 11.5 Å². The summed E-state index contributed by atoms with van der Waals surface area (Å²) in [5.74, 6) is 1.10. The van der Waals surface area contributed by atoms with Gasteiger partial charge in [0.15, 0.2) is 11.5 Å². The molecule has 1 amide bonds. The highest BCUT2D eigenvalue weighted by Crippen LogP contribution is 2.28. The zero-order valence-electron chi connectivity index (χ0n) is 16.8. The van der Waals surface area contributed by atoms with E-state index in [9.17, 15) is 4.79 Å². The molecule has 0 saturated carbocycles. The molecule has 0 aliphatic rings. The van der Waals surface area contributed by atoms with Gasteiger partial charge in [-0.2, -0.15) is 0 Å². The molecule has 2 aromatic heterocycles. The van der Waals surface area contributed by atoms with Crippen molar-refractivity contribution in [3.05, 3.63) is 84.2 Å². The van der Waals surface area contributed by atoms with Crippen LogP contribution in [0.4, 0.5) is 0 Å². The lowest BCUT2D eigenvalue weighted by Gasteiger charge is -2.12. The summed E-state index contributed by atoms with van der Waals surface area (Å²) in [4.78, 5) is 21.9. The largest absolute Gasteiger partial charge is 0.493 e. The van der Waals surface area contributed by atoms with E-state index in [1.165, 1.54) is 0 Å². The Morgan fingerprint density at radius 1 is 0.967 bits per heavy atom. The van der Waals surface area contributed by atoms with E-state index in [2.05, 4.69) is 10.3 Å². The Bertz CT molecular complexity index is 1190. The zero-order chi connectivity index (χ0) is 20.9. The molecule has 150 valence electrons. The number of ether oxygens (including phenoxy) is 2. The molecule has 0 aliphatic heterocycles. The first kappa shape index (κ1) is 19.4. The van der Waals surface area contributed by atoms with Crippen molar-refractivity contribution < 1.29 is 14.3 Å². The predicted octanol–water partition coefficient (Wildman–Crippen LogP) is 4.24. The molecule has 2 heterocycles. The van der Waals surface area contributed by atoms with Crippen LogP contribution in [0.3, 0.4) is 0 Å². The van der Waals surface area contributed by atoms with Gasteiger partial charge in [-0.3, -0.25) is 9.78 Å². The van der Waals surface area contributed by atoms with E-state index < -0.39 is 0 Å². The Morgan fingerprint density at radius 3 is 2.57 bits per heavy atom. The summed E-state index contributed by atoms with van der Waals surface area (Å²) in [6.07, 6.45) is 3.45. The highest BCUT2D eigenvalue weighted by molar-refractivity contribution is 6.07. The normalized spacial score (nSPS) is 10.6. The standard InChI is InChI=1S/C24H21N3O3/c1-29-22-10-9-16(12-23(22)30-2)14-26-24(28)19-13-21(17-6-5-11-25-15-17)27-20-8-4-3-7-18(19)20/h3-13,15H,14H2,1-2H3,(H,26,28). The number of fused-ring (bicyclic) bond motifs is 1. The van der Waals surface area contributed by atoms with Crippen molar-refractivity contribution in [2.75, 3.05) is 14.2 Å². The fourth-order valence-corrected chi connectivity index (χ4v) is 3.29. The van der Waals surface area contributed by atoms with Crippen molar-refractivity contribution in [1.29, 1.82) is 0 Å². The molecule has 0 saturated heterocycles. The lowest BCUT2D eigenvalue weighted by atomic mass is 10.0. The Kier molecular flexibility index (Phi) is 5.57. The third-order valence-electron chi connectivity index (χ3n) is 4.82. The Balaban J connectivity index is 1.64. The van der Waals surface area contributed by atoms with E-state index in [-0.39, 0.29) is 5.91 Å². The van der Waals surface area contributed by atoms with Gasteiger partial charge in [0.1, 0.15) is 0 Å². The summed E-state index contributed by atoms with van der Waals surface area (Å²) in [5.41, 5.74) is 3.80. The fraction of sp³-hybridized carbons (Fsp3) is 0.125. The SMILES string of the molecule is COc1ccc(CNC(=O)c2cc(-c3cccnc3)nc3ccccc23)cc1OC. The van der Waals surface area contributed by atoms with E-state index in [1.54, 1.807) is 26.6 Å². The molecule has 0 radical (unpaired) electrons. The first-order valence-corrected chi connectivity index (χ1v) is 9.49. The first-order chi connectivity index (χ1) is 14.7. The molecular weight excluding hydrogens is 378 g/mol. The molecule has 6 nitrogen and oxygen atoms in total. The molecule has 0 spiro atoms. The van der Waals surface area contributed by atoms with Crippen LogP contribution in [-0.2, 0) is 6.54 Å². The van der Waals surface area contributed by atoms with E-state index in [0.717, 1.165) is 22.0 Å². The van der Waals surface area contributed by atoms with Gasteiger partial charge in [0, 0.05) is 29.9 Å². The number of hydrogen-bond acceptors (Lipinski definition) is 5. The highest BCUT2D eigenvalue weighted by Gasteiger charge is 2.14. The molecule has 0 unspecified atom stereocenters. The van der Waals surface area contributed by atoms with Gasteiger partial charge in [-0.25, -0.2) is 4.98 Å². The minimum absolute atomic E-state index is 0.173. The summed E-state index contributed by atoms with van der Waals surface area (Å²) < 4.78 is 10.6. The van der Waals surface area contributed by atoms with Crippen molar-refractivity contribution in [1.82, 2.24) is 15.3 Å². The Morgan fingerprint density at radius 2 is 1.80 bits per heavy atom. The lowest BCUT2D eigenvalue weighted by Crippen LogP contribution is -2.23. The van der Waals surface area contributed by atoms with Crippen LogP contribution < -0.4 is 14.8 Å². The number of nitrogens with zero attached hydrogens (tertiary/aromatic N) is 2. The number of carbonyl (C=O) groups excluding carboxylic acids is 1. The minimum Gasteiger partial charge on any atom is -0.493 e. The Labute approximate surface area is 174 Å². The van der Waals surface area contributed by atoms with Crippen LogP contribution >= 0.6 is 0 Å². The Hall–Kier alpha value is -3.93. The van der Waals surface area contributed by atoms with Crippen LogP contribution in [-0.4, -0.2) is 30.1 Å². The molecule has 0 aliphatic carbocycles. The highest BCUT2D eigenvalue weighted by atomic mass is 16.5. The average molecular weight is 399 g/mol. The smallest absolute Gasteiger partial charge is 0.252 e. The van der Waals surface area contributed by atoms with Crippen LogP contribution in [0.15, 0.2) is 73.1 Å². The molecule has 1 N–H and O–H groups in total. The fourth-order valence-electron chi connectivity index (χ4n) is 3.29. The number of carbonyl (C=O) groups is 1. The van der Waals surface area contributed by atoms with Gasteiger partial charge in [-0.1, -0.05) is 24.3 Å². The van der Waals surface area contributed by atoms with Gasteiger partial charge in [-0.15, -0.1) is 0 Å². The van der Waals surface area contributed by atoms with E-state index in [4.69, 9.17) is 14.5 Å². The number of methoxy groups -OCH3 is 2. The second-order valence-electron chi connectivity index (χ2n) is 6.69. The quantitative estimate of drug-likeness (QED) is 0.525. The predicted molar refractivity (Wildman–Crippen MR) is 116 cm³/mol. The lowest BCUT2D eigenvalue weighted by molar-refractivity contribution is 0.0952. The van der Waals surface area contributed by atoms with Gasteiger partial charge in [0.05, 0.1) is 31.0 Å². The number of nitrogens with one attached hydrogen (secondary N) is 1. The summed E-state index contributed by atoms with van der Waals surface area (Å²) in [6, 6.07) is 18.8. The van der Waals surface area contributed by atoms with E-state index >= 15 is 0 Å². The maximum absolute atomic E-state index is 13.1. The number of para-hydroxylation sites is 1. The van der Waals surface area contributed by atoms with E-state index in [1.807, 2.05) is 60.7 Å². The summed E-state index contributed by atoms with van der Waals surface area (Å²) >= 11 is 0. The average Bonchev–Trinajstić information content (AvgIpc) is 2.82. The van der Waals surface area contributed by atoms with Gasteiger partial charge in [0.25, 0.3) is 5.91 Å². The topological polar surface area (TPSA) is 73.3 Å². The molecule has 2 aromatic carbocycles. The number of aromatic nitrogens is 2. The molecule has 30 heavy (non-hydrogen) atoms. The van der Waals surface area contributed by atoms with Crippen LogP contribution in [0.25, 0.3) is 22.2 Å². The first-order valence-electron chi connectivity index (χ1n) is 9.49. The monoisotopic (exact) mass is 399 g/mol. The third kappa shape index (κ3) is 3.93. The van der Waals surface area contributed by atoms with Crippen molar-refractivity contribution >= 4 is 16.8 Å². The molecule has 4 rings (SSSR count). The second kappa shape index (κ2) is 8.61. The molecule has 0 atom stereocenters. The number of amides is 1. The maximum atomic E-state index is 13.1. The van der Waals surface area contributed by atoms with Crippen molar-refractivity contribution in [2.24, 2.45) is 0 Å². The van der Waals surface area contributed by atoms with E-state index in [0.29, 0.717) is 29.3 Å².